The Morgan fingerprint density at radius 1 is 1.30 bits per heavy atom. The molecular weight excluding hydrogens is 254 g/mol. The lowest BCUT2D eigenvalue weighted by Crippen LogP contribution is -2.37. The van der Waals surface area contributed by atoms with E-state index in [4.69, 9.17) is 4.42 Å². The van der Waals surface area contributed by atoms with E-state index in [9.17, 15) is 5.11 Å². The molecule has 1 aromatic heterocycles. The summed E-state index contributed by atoms with van der Waals surface area (Å²) in [6, 6.07) is 8.02. The Hall–Kier alpha value is -1.72. The summed E-state index contributed by atoms with van der Waals surface area (Å²) >= 11 is 0. The van der Waals surface area contributed by atoms with Gasteiger partial charge in [-0.2, -0.15) is 0 Å². The lowest BCUT2D eigenvalue weighted by Gasteiger charge is -2.28. The summed E-state index contributed by atoms with van der Waals surface area (Å²) in [7, 11) is 0. The molecule has 1 aliphatic heterocycles. The number of hydrogen-bond donors (Lipinski definition) is 1. The molecule has 5 nitrogen and oxygen atoms in total. The fraction of sp³-hybridized carbons (Fsp3) is 0.467. The monoisotopic (exact) mass is 273 g/mol. The highest BCUT2D eigenvalue weighted by Gasteiger charge is 2.20. The van der Waals surface area contributed by atoms with E-state index in [-0.39, 0.29) is 6.10 Å². The Labute approximate surface area is 118 Å². The Bertz CT molecular complexity index is 565. The molecule has 0 aliphatic carbocycles. The van der Waals surface area contributed by atoms with Gasteiger partial charge in [0.15, 0.2) is 0 Å². The molecule has 2 aromatic rings. The predicted molar refractivity (Wildman–Crippen MR) is 75.0 cm³/mol. The van der Waals surface area contributed by atoms with Crippen LogP contribution in [0.2, 0.25) is 0 Å². The molecule has 1 N–H and O–H groups in total. The molecule has 1 fully saturated rings. The smallest absolute Gasteiger partial charge is 0.247 e. The number of piperidine rings is 1. The van der Waals surface area contributed by atoms with Crippen molar-refractivity contribution in [2.75, 3.05) is 13.1 Å². The lowest BCUT2D eigenvalue weighted by molar-refractivity contribution is 0.0625. The normalized spacial score (nSPS) is 20.2. The summed E-state index contributed by atoms with van der Waals surface area (Å²) in [5.74, 6) is 1.16. The van der Waals surface area contributed by atoms with Gasteiger partial charge in [0.1, 0.15) is 0 Å². The minimum atomic E-state index is -0.233. The second-order valence-electron chi connectivity index (χ2n) is 5.40. The highest BCUT2D eigenvalue weighted by atomic mass is 16.4. The molecule has 0 saturated carbocycles. The Morgan fingerprint density at radius 3 is 2.85 bits per heavy atom. The maximum Gasteiger partial charge on any atom is 0.247 e. The van der Waals surface area contributed by atoms with E-state index >= 15 is 0 Å². The standard InChI is InChI=1S/C15H19N3O2/c1-11-4-6-12(7-5-11)15-17-16-14(20-15)10-18-8-2-3-13(19)9-18/h4-7,13,19H,2-3,8-10H2,1H3/t13-/m0/s1. The van der Waals surface area contributed by atoms with Crippen LogP contribution in [0.15, 0.2) is 28.7 Å². The molecule has 1 aliphatic rings. The van der Waals surface area contributed by atoms with Crippen LogP contribution in [-0.2, 0) is 6.54 Å². The van der Waals surface area contributed by atoms with Gasteiger partial charge in [0, 0.05) is 12.1 Å². The summed E-state index contributed by atoms with van der Waals surface area (Å²) in [5.41, 5.74) is 2.14. The van der Waals surface area contributed by atoms with E-state index in [0.717, 1.165) is 24.9 Å². The molecule has 0 amide bonds. The Morgan fingerprint density at radius 2 is 2.10 bits per heavy atom. The van der Waals surface area contributed by atoms with E-state index < -0.39 is 0 Å². The zero-order chi connectivity index (χ0) is 13.9. The number of aliphatic hydroxyl groups excluding tert-OH is 1. The van der Waals surface area contributed by atoms with E-state index in [2.05, 4.69) is 15.1 Å². The predicted octanol–water partition coefficient (Wildman–Crippen LogP) is 2.00. The first-order chi connectivity index (χ1) is 9.70. The number of β-amino-alcohol motifs (C(OH)–C–C–N with tert-alkyl or cyclic N) is 1. The molecule has 2 heterocycles. The summed E-state index contributed by atoms with van der Waals surface area (Å²) in [4.78, 5) is 2.15. The van der Waals surface area contributed by atoms with Crippen molar-refractivity contribution in [1.29, 1.82) is 0 Å². The number of likely N-dealkylation sites (tertiary alicyclic amines) is 1. The van der Waals surface area contributed by atoms with Crippen molar-refractivity contribution in [3.05, 3.63) is 35.7 Å². The minimum absolute atomic E-state index is 0.233. The molecule has 0 unspecified atom stereocenters. The summed E-state index contributed by atoms with van der Waals surface area (Å²) in [6.07, 6.45) is 1.66. The number of benzene rings is 1. The maximum absolute atomic E-state index is 9.66. The second-order valence-corrected chi connectivity index (χ2v) is 5.40. The molecule has 0 radical (unpaired) electrons. The minimum Gasteiger partial charge on any atom is -0.419 e. The van der Waals surface area contributed by atoms with Crippen molar-refractivity contribution in [2.24, 2.45) is 0 Å². The molecule has 0 bridgehead atoms. The maximum atomic E-state index is 9.66. The molecule has 106 valence electrons. The van der Waals surface area contributed by atoms with Gasteiger partial charge in [-0.3, -0.25) is 4.90 Å². The molecule has 1 saturated heterocycles. The van der Waals surface area contributed by atoms with Crippen LogP contribution in [-0.4, -0.2) is 39.4 Å². The summed E-state index contributed by atoms with van der Waals surface area (Å²) in [5, 5.41) is 17.8. The molecule has 3 rings (SSSR count). The van der Waals surface area contributed by atoms with Gasteiger partial charge in [-0.05, 0) is 38.4 Å². The van der Waals surface area contributed by atoms with Crippen LogP contribution in [0.5, 0.6) is 0 Å². The van der Waals surface area contributed by atoms with E-state index in [1.54, 1.807) is 0 Å². The third-order valence-corrected chi connectivity index (χ3v) is 3.60. The second kappa shape index (κ2) is 5.73. The van der Waals surface area contributed by atoms with Gasteiger partial charge in [0.05, 0.1) is 12.6 Å². The topological polar surface area (TPSA) is 62.4 Å². The molecule has 0 spiro atoms. The molecule has 5 heteroatoms. The lowest BCUT2D eigenvalue weighted by atomic mass is 10.1. The zero-order valence-electron chi connectivity index (χ0n) is 11.6. The number of aromatic nitrogens is 2. The average Bonchev–Trinajstić information content (AvgIpc) is 2.88. The molecule has 1 aromatic carbocycles. The van der Waals surface area contributed by atoms with Crippen molar-refractivity contribution in [3.63, 3.8) is 0 Å². The van der Waals surface area contributed by atoms with Gasteiger partial charge in [-0.1, -0.05) is 17.7 Å². The van der Waals surface area contributed by atoms with Crippen LogP contribution >= 0.6 is 0 Å². The highest BCUT2D eigenvalue weighted by molar-refractivity contribution is 5.52. The first kappa shape index (κ1) is 13.3. The number of aliphatic hydroxyl groups is 1. The zero-order valence-corrected chi connectivity index (χ0v) is 11.6. The highest BCUT2D eigenvalue weighted by Crippen LogP contribution is 2.19. The van der Waals surface area contributed by atoms with Crippen LogP contribution in [0.1, 0.15) is 24.3 Å². The fourth-order valence-electron chi connectivity index (χ4n) is 2.50. The molecular formula is C15H19N3O2. The Balaban J connectivity index is 1.69. The first-order valence-corrected chi connectivity index (χ1v) is 7.00. The summed E-state index contributed by atoms with van der Waals surface area (Å²) in [6.45, 7) is 4.31. The van der Waals surface area contributed by atoms with Gasteiger partial charge < -0.3 is 9.52 Å². The largest absolute Gasteiger partial charge is 0.419 e. The molecule has 1 atom stereocenters. The van der Waals surface area contributed by atoms with E-state index in [1.807, 2.05) is 31.2 Å². The third-order valence-electron chi connectivity index (χ3n) is 3.60. The van der Waals surface area contributed by atoms with Gasteiger partial charge in [-0.15, -0.1) is 10.2 Å². The summed E-state index contributed by atoms with van der Waals surface area (Å²) < 4.78 is 5.70. The fourth-order valence-corrected chi connectivity index (χ4v) is 2.50. The average molecular weight is 273 g/mol. The van der Waals surface area contributed by atoms with Crippen molar-refractivity contribution in [3.8, 4) is 11.5 Å². The van der Waals surface area contributed by atoms with Gasteiger partial charge in [0.2, 0.25) is 11.8 Å². The third kappa shape index (κ3) is 3.05. The van der Waals surface area contributed by atoms with Crippen molar-refractivity contribution in [1.82, 2.24) is 15.1 Å². The van der Waals surface area contributed by atoms with Gasteiger partial charge >= 0.3 is 0 Å². The van der Waals surface area contributed by atoms with Crippen LogP contribution in [0.3, 0.4) is 0 Å². The van der Waals surface area contributed by atoms with Crippen LogP contribution < -0.4 is 0 Å². The van der Waals surface area contributed by atoms with Crippen LogP contribution in [0, 0.1) is 6.92 Å². The SMILES string of the molecule is Cc1ccc(-c2nnc(CN3CCC[C@H](O)C3)o2)cc1. The Kier molecular flexibility index (Phi) is 3.80. The van der Waals surface area contributed by atoms with Crippen molar-refractivity contribution >= 4 is 0 Å². The number of rotatable bonds is 3. The molecule has 20 heavy (non-hydrogen) atoms. The van der Waals surface area contributed by atoms with Crippen LogP contribution in [0.4, 0.5) is 0 Å². The van der Waals surface area contributed by atoms with E-state index in [0.29, 0.717) is 24.9 Å². The van der Waals surface area contributed by atoms with Crippen molar-refractivity contribution < 1.29 is 9.52 Å². The van der Waals surface area contributed by atoms with Gasteiger partial charge in [-0.25, -0.2) is 0 Å². The van der Waals surface area contributed by atoms with Crippen LogP contribution in [0.25, 0.3) is 11.5 Å². The number of aryl methyl sites for hydroxylation is 1. The van der Waals surface area contributed by atoms with Gasteiger partial charge in [0.25, 0.3) is 0 Å². The first-order valence-electron chi connectivity index (χ1n) is 7.00. The van der Waals surface area contributed by atoms with Crippen molar-refractivity contribution in [2.45, 2.75) is 32.4 Å². The quantitative estimate of drug-likeness (QED) is 0.926. The number of hydrogen-bond acceptors (Lipinski definition) is 5. The van der Waals surface area contributed by atoms with E-state index in [1.165, 1.54) is 5.56 Å². The number of nitrogens with zero attached hydrogens (tertiary/aromatic N) is 3.